The zero-order valence-corrected chi connectivity index (χ0v) is 28.8. The molecular weight excluding hydrogens is 635 g/mol. The number of furan rings is 1. The maximum atomic E-state index is 6.76. The molecule has 9 aromatic rings. The second-order valence-electron chi connectivity index (χ2n) is 14.0. The van der Waals surface area contributed by atoms with Crippen LogP contribution in [0.4, 0.5) is 0 Å². The maximum absolute atomic E-state index is 6.76. The lowest BCUT2D eigenvalue weighted by molar-refractivity contribution is 0.660. The molecule has 0 N–H and O–H groups in total. The minimum atomic E-state index is -0.131. The molecule has 0 bridgehead atoms. The molecule has 7 aromatic carbocycles. The Balaban J connectivity index is 1.11. The van der Waals surface area contributed by atoms with Crippen molar-refractivity contribution in [2.24, 2.45) is 0 Å². The van der Waals surface area contributed by atoms with Crippen LogP contribution < -0.4 is 0 Å². The lowest BCUT2D eigenvalue weighted by Gasteiger charge is -2.21. The van der Waals surface area contributed by atoms with E-state index >= 15 is 0 Å². The smallest absolute Gasteiger partial charge is 0.164 e. The minimum Gasteiger partial charge on any atom is -0.455 e. The first-order valence-electron chi connectivity index (χ1n) is 17.7. The Morgan fingerprint density at radius 2 is 0.846 bits per heavy atom. The summed E-state index contributed by atoms with van der Waals surface area (Å²) in [7, 11) is 0. The van der Waals surface area contributed by atoms with Crippen LogP contribution in [0, 0.1) is 0 Å². The molecule has 246 valence electrons. The highest BCUT2D eigenvalue weighted by Crippen LogP contribution is 2.49. The molecule has 0 atom stereocenters. The summed E-state index contributed by atoms with van der Waals surface area (Å²) in [6.07, 6.45) is 0. The number of rotatable bonds is 5. The lowest BCUT2D eigenvalue weighted by atomic mass is 9.82. The van der Waals surface area contributed by atoms with E-state index in [1.54, 1.807) is 0 Å². The molecule has 0 fully saturated rings. The second-order valence-corrected chi connectivity index (χ2v) is 14.0. The van der Waals surface area contributed by atoms with Crippen molar-refractivity contribution in [3.63, 3.8) is 0 Å². The van der Waals surface area contributed by atoms with Gasteiger partial charge in [0.2, 0.25) is 0 Å². The van der Waals surface area contributed by atoms with Crippen molar-refractivity contribution in [2.45, 2.75) is 19.3 Å². The normalized spacial score (nSPS) is 13.0. The molecule has 10 rings (SSSR count). The molecular formula is C48H33N3O. The summed E-state index contributed by atoms with van der Waals surface area (Å²) in [4.78, 5) is 15.3. The zero-order chi connectivity index (χ0) is 34.8. The standard InChI is InChI=1S/C48H33N3O/c1-48(2)41-25-10-9-20-37(41)38-27-26-34(29-42(38)48)47-50-45(31-16-7-4-8-17-31)49-46(51-47)33-19-11-18-32(28-33)36-22-13-24-40-39-23-12-21-35(43(39)52-44(36)40)30-14-5-3-6-15-30/h3-29H,1-2H3. The summed E-state index contributed by atoms with van der Waals surface area (Å²) in [6.45, 7) is 4.60. The third kappa shape index (κ3) is 4.79. The van der Waals surface area contributed by atoms with E-state index < -0.39 is 0 Å². The van der Waals surface area contributed by atoms with Crippen LogP contribution in [0.2, 0.25) is 0 Å². The molecule has 2 aromatic heterocycles. The van der Waals surface area contributed by atoms with E-state index in [0.717, 1.165) is 60.9 Å². The van der Waals surface area contributed by atoms with Gasteiger partial charge in [-0.05, 0) is 45.5 Å². The first-order chi connectivity index (χ1) is 25.5. The maximum Gasteiger partial charge on any atom is 0.164 e. The summed E-state index contributed by atoms with van der Waals surface area (Å²) >= 11 is 0. The molecule has 1 aliphatic carbocycles. The van der Waals surface area contributed by atoms with Gasteiger partial charge < -0.3 is 4.42 Å². The van der Waals surface area contributed by atoms with E-state index in [-0.39, 0.29) is 5.41 Å². The van der Waals surface area contributed by atoms with Crippen molar-refractivity contribution in [3.05, 3.63) is 175 Å². The predicted molar refractivity (Wildman–Crippen MR) is 212 cm³/mol. The van der Waals surface area contributed by atoms with Gasteiger partial charge in [0, 0.05) is 44.0 Å². The molecule has 4 nitrogen and oxygen atoms in total. The summed E-state index contributed by atoms with van der Waals surface area (Å²) < 4.78 is 6.76. The quantitative estimate of drug-likeness (QED) is 0.183. The molecule has 0 spiro atoms. The van der Waals surface area contributed by atoms with Crippen LogP contribution in [0.5, 0.6) is 0 Å². The SMILES string of the molecule is CC1(C)c2ccccc2-c2ccc(-c3nc(-c4ccccc4)nc(-c4cccc(-c5cccc6c5oc5c(-c7ccccc7)cccc56)c4)n3)cc21. The van der Waals surface area contributed by atoms with Crippen LogP contribution in [0.3, 0.4) is 0 Å². The number of nitrogens with zero attached hydrogens (tertiary/aromatic N) is 3. The first kappa shape index (κ1) is 30.2. The van der Waals surface area contributed by atoms with Crippen molar-refractivity contribution in [1.29, 1.82) is 0 Å². The van der Waals surface area contributed by atoms with Gasteiger partial charge in [-0.2, -0.15) is 0 Å². The highest BCUT2D eigenvalue weighted by molar-refractivity contribution is 6.13. The Kier molecular flexibility index (Phi) is 6.80. The predicted octanol–water partition coefficient (Wildman–Crippen LogP) is 12.4. The Labute approximate surface area is 302 Å². The zero-order valence-electron chi connectivity index (χ0n) is 28.8. The molecule has 0 amide bonds. The van der Waals surface area contributed by atoms with Gasteiger partial charge >= 0.3 is 0 Å². The number of hydrogen-bond donors (Lipinski definition) is 0. The van der Waals surface area contributed by atoms with Crippen LogP contribution in [0.1, 0.15) is 25.0 Å². The highest BCUT2D eigenvalue weighted by Gasteiger charge is 2.35. The van der Waals surface area contributed by atoms with E-state index in [0.29, 0.717) is 17.5 Å². The van der Waals surface area contributed by atoms with Gasteiger partial charge in [0.15, 0.2) is 17.5 Å². The van der Waals surface area contributed by atoms with Crippen molar-refractivity contribution >= 4 is 21.9 Å². The Bertz CT molecular complexity index is 2820. The first-order valence-corrected chi connectivity index (χ1v) is 17.7. The molecule has 0 saturated carbocycles. The fourth-order valence-electron chi connectivity index (χ4n) is 7.91. The van der Waals surface area contributed by atoms with Crippen molar-refractivity contribution in [3.8, 4) is 67.5 Å². The van der Waals surface area contributed by atoms with Crippen molar-refractivity contribution < 1.29 is 4.42 Å². The Hall–Kier alpha value is -6.65. The molecule has 0 radical (unpaired) electrons. The molecule has 0 unspecified atom stereocenters. The number of hydrogen-bond acceptors (Lipinski definition) is 4. The number of benzene rings is 7. The minimum absolute atomic E-state index is 0.131. The third-order valence-corrected chi connectivity index (χ3v) is 10.6. The molecule has 1 aliphatic rings. The molecule has 52 heavy (non-hydrogen) atoms. The van der Waals surface area contributed by atoms with Crippen LogP contribution in [0.25, 0.3) is 89.5 Å². The van der Waals surface area contributed by atoms with E-state index in [2.05, 4.69) is 141 Å². The molecule has 4 heteroatoms. The van der Waals surface area contributed by atoms with E-state index in [1.165, 1.54) is 22.3 Å². The van der Waals surface area contributed by atoms with Gasteiger partial charge in [0.05, 0.1) is 0 Å². The average Bonchev–Trinajstić information content (AvgIpc) is 3.70. The molecule has 2 heterocycles. The van der Waals surface area contributed by atoms with Gasteiger partial charge in [-0.15, -0.1) is 0 Å². The highest BCUT2D eigenvalue weighted by atomic mass is 16.3. The fraction of sp³-hybridized carbons (Fsp3) is 0.0625. The summed E-state index contributed by atoms with van der Waals surface area (Å²) in [6, 6.07) is 57.1. The lowest BCUT2D eigenvalue weighted by Crippen LogP contribution is -2.15. The van der Waals surface area contributed by atoms with Crippen LogP contribution in [-0.2, 0) is 5.41 Å². The summed E-state index contributed by atoms with van der Waals surface area (Å²) in [5.74, 6) is 1.91. The molecule has 0 aliphatic heterocycles. The van der Waals surface area contributed by atoms with E-state index in [4.69, 9.17) is 19.4 Å². The van der Waals surface area contributed by atoms with E-state index in [9.17, 15) is 0 Å². The van der Waals surface area contributed by atoms with Gasteiger partial charge in [-0.3, -0.25) is 0 Å². The van der Waals surface area contributed by atoms with Gasteiger partial charge in [-0.25, -0.2) is 15.0 Å². The molecule has 0 saturated heterocycles. The van der Waals surface area contributed by atoms with Gasteiger partial charge in [-0.1, -0.05) is 166 Å². The van der Waals surface area contributed by atoms with Crippen LogP contribution in [0.15, 0.2) is 168 Å². The number of fused-ring (bicyclic) bond motifs is 6. The third-order valence-electron chi connectivity index (χ3n) is 10.6. The Morgan fingerprint density at radius 3 is 1.54 bits per heavy atom. The van der Waals surface area contributed by atoms with E-state index in [1.807, 2.05) is 36.4 Å². The topological polar surface area (TPSA) is 51.8 Å². The van der Waals surface area contributed by atoms with Crippen LogP contribution in [-0.4, -0.2) is 15.0 Å². The van der Waals surface area contributed by atoms with Crippen molar-refractivity contribution in [1.82, 2.24) is 15.0 Å². The number of aromatic nitrogens is 3. The van der Waals surface area contributed by atoms with Gasteiger partial charge in [0.1, 0.15) is 11.2 Å². The van der Waals surface area contributed by atoms with Gasteiger partial charge in [0.25, 0.3) is 0 Å². The monoisotopic (exact) mass is 667 g/mol. The summed E-state index contributed by atoms with van der Waals surface area (Å²) in [5, 5.41) is 2.19. The average molecular weight is 668 g/mol. The van der Waals surface area contributed by atoms with Crippen LogP contribution >= 0.6 is 0 Å². The fourth-order valence-corrected chi connectivity index (χ4v) is 7.91. The largest absolute Gasteiger partial charge is 0.455 e. The Morgan fingerprint density at radius 1 is 0.365 bits per heavy atom. The number of para-hydroxylation sites is 2. The second kappa shape index (κ2) is 11.7. The van der Waals surface area contributed by atoms with Crippen molar-refractivity contribution in [2.75, 3.05) is 0 Å². The summed E-state index contributed by atoms with van der Waals surface area (Å²) in [5.41, 5.74) is 13.9.